The average molecular weight is 491 g/mol. The number of rotatable bonds is 7. The fraction of sp³-hybridized carbons (Fsp3) is 0.154. The predicted molar refractivity (Wildman–Crippen MR) is 132 cm³/mol. The van der Waals surface area contributed by atoms with Gasteiger partial charge >= 0.3 is 0 Å². The van der Waals surface area contributed by atoms with E-state index in [1.54, 1.807) is 7.11 Å². The fourth-order valence-electron chi connectivity index (χ4n) is 3.95. The van der Waals surface area contributed by atoms with Crippen molar-refractivity contribution >= 4 is 38.1 Å². The van der Waals surface area contributed by atoms with Crippen LogP contribution in [0.15, 0.2) is 83.3 Å². The third kappa shape index (κ3) is 4.18. The summed E-state index contributed by atoms with van der Waals surface area (Å²) >= 11 is 3.45. The molecule has 0 aromatic heterocycles. The molecule has 0 atom stereocenters. The molecule has 4 aromatic rings. The largest absolute Gasteiger partial charge is 0.493 e. The highest BCUT2D eigenvalue weighted by Gasteiger charge is 2.21. The molecule has 0 spiro atoms. The predicted octanol–water partition coefficient (Wildman–Crippen LogP) is 6.60. The average Bonchev–Trinajstić information content (AvgIpc) is 2.82. The van der Waals surface area contributed by atoms with E-state index in [1.807, 2.05) is 42.5 Å². The second kappa shape index (κ2) is 9.01. The van der Waals surface area contributed by atoms with Gasteiger partial charge in [-0.25, -0.2) is 0 Å². The zero-order valence-corrected chi connectivity index (χ0v) is 19.2. The molecule has 0 saturated carbocycles. The first kappa shape index (κ1) is 20.5. The Morgan fingerprint density at radius 3 is 2.22 bits per heavy atom. The van der Waals surface area contributed by atoms with Crippen LogP contribution in [0.3, 0.4) is 0 Å². The van der Waals surface area contributed by atoms with Crippen molar-refractivity contribution in [3.63, 3.8) is 0 Å². The van der Waals surface area contributed by atoms with Crippen molar-refractivity contribution in [1.29, 1.82) is 0 Å². The van der Waals surface area contributed by atoms with Crippen LogP contribution in [0.5, 0.6) is 17.2 Å². The van der Waals surface area contributed by atoms with Gasteiger partial charge in [-0.05, 0) is 53.4 Å². The Labute approximate surface area is 195 Å². The van der Waals surface area contributed by atoms with E-state index >= 15 is 0 Å². The van der Waals surface area contributed by atoms with Crippen LogP contribution in [0.4, 0.5) is 11.4 Å². The Balaban J connectivity index is 1.27. The summed E-state index contributed by atoms with van der Waals surface area (Å²) in [6, 6.07) is 26.4. The Hall–Kier alpha value is -3.38. The van der Waals surface area contributed by atoms with Crippen molar-refractivity contribution in [2.75, 3.05) is 31.0 Å². The van der Waals surface area contributed by atoms with Gasteiger partial charge < -0.3 is 24.8 Å². The van der Waals surface area contributed by atoms with Crippen molar-refractivity contribution in [3.05, 3.63) is 88.9 Å². The minimum atomic E-state index is -0.0710. The number of hydrogen-bond donors (Lipinski definition) is 2. The van der Waals surface area contributed by atoms with Gasteiger partial charge in [0.1, 0.15) is 25.1 Å². The summed E-state index contributed by atoms with van der Waals surface area (Å²) in [4.78, 5) is 0. The first-order valence-corrected chi connectivity index (χ1v) is 11.2. The third-order valence-electron chi connectivity index (χ3n) is 5.43. The highest BCUT2D eigenvalue weighted by Crippen LogP contribution is 2.40. The molecule has 0 bridgehead atoms. The van der Waals surface area contributed by atoms with Gasteiger partial charge in [0, 0.05) is 21.2 Å². The summed E-state index contributed by atoms with van der Waals surface area (Å²) in [6.07, 6.45) is -0.0710. The van der Waals surface area contributed by atoms with Gasteiger partial charge in [-0.1, -0.05) is 52.3 Å². The number of hydrogen-bond acceptors (Lipinski definition) is 5. The van der Waals surface area contributed by atoms with Gasteiger partial charge in [-0.2, -0.15) is 0 Å². The van der Waals surface area contributed by atoms with Gasteiger partial charge in [-0.15, -0.1) is 0 Å². The summed E-state index contributed by atoms with van der Waals surface area (Å²) in [5.41, 5.74) is 3.29. The number of ether oxygens (including phenoxy) is 3. The van der Waals surface area contributed by atoms with Crippen molar-refractivity contribution in [1.82, 2.24) is 0 Å². The number of benzene rings is 4. The summed E-state index contributed by atoms with van der Waals surface area (Å²) in [6.45, 7) is 0.853. The maximum absolute atomic E-state index is 5.92. The summed E-state index contributed by atoms with van der Waals surface area (Å²) < 4.78 is 18.3. The molecule has 0 saturated heterocycles. The molecule has 1 aliphatic heterocycles. The normalized spacial score (nSPS) is 12.7. The zero-order chi connectivity index (χ0) is 21.9. The van der Waals surface area contributed by atoms with Crippen LogP contribution < -0.4 is 24.8 Å². The molecule has 1 aliphatic rings. The fourth-order valence-corrected chi connectivity index (χ4v) is 4.32. The molecule has 32 heavy (non-hydrogen) atoms. The van der Waals surface area contributed by atoms with Crippen LogP contribution in [-0.4, -0.2) is 20.3 Å². The van der Waals surface area contributed by atoms with Gasteiger partial charge in [0.15, 0.2) is 11.5 Å². The zero-order valence-electron chi connectivity index (χ0n) is 17.6. The van der Waals surface area contributed by atoms with Crippen molar-refractivity contribution in [3.8, 4) is 17.2 Å². The molecule has 0 aliphatic carbocycles. The van der Waals surface area contributed by atoms with Gasteiger partial charge in [-0.3, -0.25) is 0 Å². The Morgan fingerprint density at radius 2 is 1.50 bits per heavy atom. The van der Waals surface area contributed by atoms with Gasteiger partial charge in [0.05, 0.1) is 7.11 Å². The number of nitrogens with one attached hydrogen (secondary N) is 2. The molecule has 0 unspecified atom stereocenters. The number of methoxy groups -OCH3 is 1. The lowest BCUT2D eigenvalue weighted by atomic mass is 10.0. The topological polar surface area (TPSA) is 51.8 Å². The molecule has 4 aromatic carbocycles. The molecule has 6 heteroatoms. The van der Waals surface area contributed by atoms with E-state index in [-0.39, 0.29) is 6.17 Å². The van der Waals surface area contributed by atoms with E-state index in [9.17, 15) is 0 Å². The Kier molecular flexibility index (Phi) is 5.77. The van der Waals surface area contributed by atoms with E-state index in [1.165, 1.54) is 10.8 Å². The Morgan fingerprint density at radius 1 is 0.781 bits per heavy atom. The first-order valence-electron chi connectivity index (χ1n) is 10.5. The van der Waals surface area contributed by atoms with Crippen molar-refractivity contribution in [2.45, 2.75) is 6.17 Å². The molecule has 0 amide bonds. The minimum absolute atomic E-state index is 0.0710. The van der Waals surface area contributed by atoms with Crippen LogP contribution >= 0.6 is 15.9 Å². The van der Waals surface area contributed by atoms with Gasteiger partial charge in [0.2, 0.25) is 0 Å². The number of halogens is 1. The summed E-state index contributed by atoms with van der Waals surface area (Å²) in [7, 11) is 1.65. The van der Waals surface area contributed by atoms with E-state index in [4.69, 9.17) is 14.2 Å². The second-order valence-electron chi connectivity index (χ2n) is 7.50. The molecule has 162 valence electrons. The summed E-state index contributed by atoms with van der Waals surface area (Å²) in [5, 5.41) is 9.61. The minimum Gasteiger partial charge on any atom is -0.493 e. The standard InChI is InChI=1S/C26H23BrN2O3/c1-30-24-15-18(11-12-23(24)32-14-13-31-20-8-4-7-19(27)16-20)26-28-21-9-2-5-17-6-3-10-22(29-26)25(17)21/h2-12,15-16,26,28-29H,13-14H2,1H3. The smallest absolute Gasteiger partial charge is 0.161 e. The van der Waals surface area contributed by atoms with Crippen molar-refractivity contribution in [2.24, 2.45) is 0 Å². The quantitative estimate of drug-likeness (QED) is 0.285. The van der Waals surface area contributed by atoms with E-state index < -0.39 is 0 Å². The highest BCUT2D eigenvalue weighted by atomic mass is 79.9. The third-order valence-corrected chi connectivity index (χ3v) is 5.92. The molecular formula is C26H23BrN2O3. The van der Waals surface area contributed by atoms with Crippen LogP contribution in [0.2, 0.25) is 0 Å². The highest BCUT2D eigenvalue weighted by molar-refractivity contribution is 9.10. The molecule has 0 radical (unpaired) electrons. The maximum atomic E-state index is 5.92. The lowest BCUT2D eigenvalue weighted by Gasteiger charge is -2.30. The lowest BCUT2D eigenvalue weighted by molar-refractivity contribution is 0.211. The van der Waals surface area contributed by atoms with Crippen LogP contribution in [0, 0.1) is 0 Å². The first-order chi connectivity index (χ1) is 15.7. The van der Waals surface area contributed by atoms with E-state index in [0.717, 1.165) is 27.2 Å². The van der Waals surface area contributed by atoms with Gasteiger partial charge in [0.25, 0.3) is 0 Å². The van der Waals surface area contributed by atoms with Crippen LogP contribution in [0.1, 0.15) is 11.7 Å². The molecule has 0 fully saturated rings. The molecular weight excluding hydrogens is 468 g/mol. The SMILES string of the molecule is COc1cc(C2Nc3cccc4cccc(c34)N2)ccc1OCCOc1cccc(Br)c1. The molecule has 5 nitrogen and oxygen atoms in total. The lowest BCUT2D eigenvalue weighted by Crippen LogP contribution is -2.23. The van der Waals surface area contributed by atoms with E-state index in [0.29, 0.717) is 24.7 Å². The number of anilines is 2. The Bertz CT molecular complexity index is 1220. The summed E-state index contributed by atoms with van der Waals surface area (Å²) in [5.74, 6) is 2.17. The van der Waals surface area contributed by atoms with Crippen LogP contribution in [0.25, 0.3) is 10.8 Å². The van der Waals surface area contributed by atoms with E-state index in [2.05, 4.69) is 63.0 Å². The van der Waals surface area contributed by atoms with Crippen molar-refractivity contribution < 1.29 is 14.2 Å². The van der Waals surface area contributed by atoms with Crippen LogP contribution in [-0.2, 0) is 0 Å². The molecule has 2 N–H and O–H groups in total. The maximum Gasteiger partial charge on any atom is 0.161 e. The monoisotopic (exact) mass is 490 g/mol. The molecule has 5 rings (SSSR count). The second-order valence-corrected chi connectivity index (χ2v) is 8.41. The molecule has 1 heterocycles.